The molecule has 0 saturated carbocycles. The Morgan fingerprint density at radius 3 is 2.82 bits per heavy atom. The minimum atomic E-state index is -1.30. The van der Waals surface area contributed by atoms with Crippen LogP contribution in [0.25, 0.3) is 11.2 Å². The third-order valence-corrected chi connectivity index (χ3v) is 8.36. The van der Waals surface area contributed by atoms with Crippen molar-refractivity contribution in [2.24, 2.45) is 0 Å². The van der Waals surface area contributed by atoms with E-state index in [0.717, 1.165) is 11.6 Å². The van der Waals surface area contributed by atoms with E-state index in [1.165, 1.54) is 17.7 Å². The van der Waals surface area contributed by atoms with Gasteiger partial charge in [-0.25, -0.2) is 19.2 Å². The van der Waals surface area contributed by atoms with Gasteiger partial charge in [0, 0.05) is 32.9 Å². The van der Waals surface area contributed by atoms with Crippen molar-refractivity contribution in [3.05, 3.63) is 64.1 Å². The molecule has 3 aromatic heterocycles. The van der Waals surface area contributed by atoms with E-state index in [-0.39, 0.29) is 30.7 Å². The molecule has 0 bridgehead atoms. The summed E-state index contributed by atoms with van der Waals surface area (Å²) in [4.78, 5) is 27.4. The van der Waals surface area contributed by atoms with Crippen LogP contribution in [0.1, 0.15) is 23.6 Å². The summed E-state index contributed by atoms with van der Waals surface area (Å²) < 4.78 is 34.7. The summed E-state index contributed by atoms with van der Waals surface area (Å²) in [6, 6.07) is 7.14. The first-order chi connectivity index (χ1) is 18.7. The van der Waals surface area contributed by atoms with Crippen molar-refractivity contribution in [3.63, 3.8) is 0 Å². The SMILES string of the molecule is COc1ncc(C)cc1Nc1ncc2c(n1)n(C1CCOc3c(F)cccc31)c(=O)n2COCC[Si](C)(C)C. The van der Waals surface area contributed by atoms with Gasteiger partial charge in [0.15, 0.2) is 17.2 Å². The van der Waals surface area contributed by atoms with Gasteiger partial charge in [-0.2, -0.15) is 4.98 Å². The summed E-state index contributed by atoms with van der Waals surface area (Å²) in [6.07, 6.45) is 3.79. The van der Waals surface area contributed by atoms with Gasteiger partial charge in [0.1, 0.15) is 17.9 Å². The van der Waals surface area contributed by atoms with Crippen LogP contribution in [0, 0.1) is 12.7 Å². The smallest absolute Gasteiger partial charge is 0.332 e. The van der Waals surface area contributed by atoms with E-state index in [9.17, 15) is 9.18 Å². The number of hydrogen-bond acceptors (Lipinski definition) is 8. The summed E-state index contributed by atoms with van der Waals surface area (Å²) in [7, 11) is 0.235. The number of rotatable bonds is 9. The quantitative estimate of drug-likeness (QED) is 0.232. The number of halogens is 1. The molecule has 0 radical (unpaired) electrons. The van der Waals surface area contributed by atoms with Crippen LogP contribution in [0.15, 0.2) is 41.5 Å². The van der Waals surface area contributed by atoms with Crippen molar-refractivity contribution in [2.75, 3.05) is 25.6 Å². The van der Waals surface area contributed by atoms with Gasteiger partial charge in [-0.1, -0.05) is 31.8 Å². The fourth-order valence-corrected chi connectivity index (χ4v) is 5.38. The second-order valence-corrected chi connectivity index (χ2v) is 16.5. The number of pyridine rings is 1. The van der Waals surface area contributed by atoms with E-state index in [4.69, 9.17) is 19.2 Å². The summed E-state index contributed by atoms with van der Waals surface area (Å²) in [6.45, 7) is 9.64. The maximum absolute atomic E-state index is 14.6. The number of nitrogens with one attached hydrogen (secondary N) is 1. The average molecular weight is 553 g/mol. The van der Waals surface area contributed by atoms with Gasteiger partial charge in [0.05, 0.1) is 26.0 Å². The van der Waals surface area contributed by atoms with E-state index in [2.05, 4.69) is 34.9 Å². The number of aryl methyl sites for hydroxylation is 1. The summed E-state index contributed by atoms with van der Waals surface area (Å²) in [5.74, 6) is 0.366. The first-order valence-corrected chi connectivity index (χ1v) is 16.6. The maximum atomic E-state index is 14.6. The Hall–Kier alpha value is -3.77. The number of aromatic nitrogens is 5. The molecule has 39 heavy (non-hydrogen) atoms. The fourth-order valence-electron chi connectivity index (χ4n) is 4.62. The van der Waals surface area contributed by atoms with Gasteiger partial charge in [-0.3, -0.25) is 9.13 Å². The second kappa shape index (κ2) is 10.8. The molecule has 1 aromatic carbocycles. The molecule has 10 nitrogen and oxygen atoms in total. The highest BCUT2D eigenvalue weighted by Gasteiger charge is 2.30. The molecule has 0 saturated heterocycles. The number of imidazole rings is 1. The lowest BCUT2D eigenvalue weighted by atomic mass is 10.00. The number of anilines is 2. The van der Waals surface area contributed by atoms with E-state index in [0.29, 0.717) is 41.3 Å². The van der Waals surface area contributed by atoms with Gasteiger partial charge in [0.25, 0.3) is 0 Å². The minimum Gasteiger partial charge on any atom is -0.490 e. The van der Waals surface area contributed by atoms with Crippen molar-refractivity contribution >= 4 is 30.9 Å². The monoisotopic (exact) mass is 552 g/mol. The molecule has 206 valence electrons. The predicted molar refractivity (Wildman–Crippen MR) is 149 cm³/mol. The molecule has 0 amide bonds. The lowest BCUT2D eigenvalue weighted by Crippen LogP contribution is -2.32. The molecule has 0 fully saturated rings. The summed E-state index contributed by atoms with van der Waals surface area (Å²) >= 11 is 0. The molecule has 4 heterocycles. The van der Waals surface area contributed by atoms with Crippen molar-refractivity contribution < 1.29 is 18.6 Å². The third-order valence-electron chi connectivity index (χ3n) is 6.66. The van der Waals surface area contributed by atoms with Crippen LogP contribution in [-0.4, -0.2) is 52.5 Å². The molecule has 1 aliphatic heterocycles. The average Bonchev–Trinajstić information content (AvgIpc) is 3.16. The zero-order valence-electron chi connectivity index (χ0n) is 22.8. The molecule has 5 rings (SSSR count). The number of nitrogens with zero attached hydrogens (tertiary/aromatic N) is 5. The Bertz CT molecular complexity index is 1560. The molecular formula is C27H33FN6O4Si. The number of para-hydroxylation sites is 1. The first kappa shape index (κ1) is 26.8. The number of hydrogen-bond donors (Lipinski definition) is 1. The Balaban J connectivity index is 1.59. The van der Waals surface area contributed by atoms with Gasteiger partial charge in [-0.15, -0.1) is 0 Å². The Labute approximate surface area is 226 Å². The third kappa shape index (κ3) is 5.52. The van der Waals surface area contributed by atoms with Crippen LogP contribution < -0.4 is 20.5 Å². The Morgan fingerprint density at radius 2 is 2.05 bits per heavy atom. The zero-order valence-corrected chi connectivity index (χ0v) is 23.8. The molecule has 1 unspecified atom stereocenters. The molecule has 1 aliphatic rings. The zero-order chi connectivity index (χ0) is 27.7. The van der Waals surface area contributed by atoms with Crippen molar-refractivity contribution in [1.29, 1.82) is 0 Å². The van der Waals surface area contributed by atoms with Crippen LogP contribution in [0.3, 0.4) is 0 Å². The van der Waals surface area contributed by atoms with Crippen LogP contribution >= 0.6 is 0 Å². The van der Waals surface area contributed by atoms with Gasteiger partial charge < -0.3 is 19.5 Å². The highest BCUT2D eigenvalue weighted by molar-refractivity contribution is 6.76. The highest BCUT2D eigenvalue weighted by atomic mass is 28.3. The standard InChI is InChI=1S/C27H33FN6O4Si/c1-17-13-20(25(36-2)29-14-17)31-26-30-15-22-24(32-26)34(27(35)33(22)16-37-11-12-39(3,4)5)21-9-10-38-23-18(21)7-6-8-19(23)28/h6-8,13-15,21H,9-12,16H2,1-5H3,(H,30,31,32). The fraction of sp³-hybridized carbons (Fsp3) is 0.407. The number of methoxy groups -OCH3 is 1. The molecule has 12 heteroatoms. The van der Waals surface area contributed by atoms with Crippen LogP contribution in [0.4, 0.5) is 16.0 Å². The number of fused-ring (bicyclic) bond motifs is 2. The lowest BCUT2D eigenvalue weighted by Gasteiger charge is -2.26. The summed E-state index contributed by atoms with van der Waals surface area (Å²) in [5, 5.41) is 3.17. The summed E-state index contributed by atoms with van der Waals surface area (Å²) in [5.41, 5.74) is 2.75. The van der Waals surface area contributed by atoms with E-state index < -0.39 is 19.9 Å². The second-order valence-electron chi connectivity index (χ2n) is 10.8. The van der Waals surface area contributed by atoms with E-state index in [1.54, 1.807) is 29.1 Å². The Kier molecular flexibility index (Phi) is 7.41. The van der Waals surface area contributed by atoms with Gasteiger partial charge in [-0.05, 0) is 30.7 Å². The topological polar surface area (TPSA) is 105 Å². The normalized spacial score (nSPS) is 15.2. The largest absolute Gasteiger partial charge is 0.490 e. The van der Waals surface area contributed by atoms with Crippen molar-refractivity contribution in [2.45, 2.75) is 51.8 Å². The minimum absolute atomic E-state index is 0.0673. The van der Waals surface area contributed by atoms with Crippen LogP contribution in [0.2, 0.25) is 25.7 Å². The van der Waals surface area contributed by atoms with Crippen LogP contribution in [0.5, 0.6) is 11.6 Å². The molecular weight excluding hydrogens is 519 g/mol. The first-order valence-electron chi connectivity index (χ1n) is 12.9. The number of ether oxygens (including phenoxy) is 3. The van der Waals surface area contributed by atoms with Gasteiger partial charge in [0.2, 0.25) is 11.8 Å². The van der Waals surface area contributed by atoms with Crippen LogP contribution in [-0.2, 0) is 11.5 Å². The van der Waals surface area contributed by atoms with Crippen molar-refractivity contribution in [1.82, 2.24) is 24.1 Å². The molecule has 4 aromatic rings. The predicted octanol–water partition coefficient (Wildman–Crippen LogP) is 4.87. The van der Waals surface area contributed by atoms with E-state index in [1.807, 2.05) is 13.0 Å². The molecule has 0 aliphatic carbocycles. The highest BCUT2D eigenvalue weighted by Crippen LogP contribution is 2.37. The lowest BCUT2D eigenvalue weighted by molar-refractivity contribution is 0.0868. The van der Waals surface area contributed by atoms with Gasteiger partial charge >= 0.3 is 5.69 Å². The number of benzene rings is 1. The molecule has 1 N–H and O–H groups in total. The Morgan fingerprint density at radius 1 is 1.23 bits per heavy atom. The molecule has 1 atom stereocenters. The van der Waals surface area contributed by atoms with Crippen molar-refractivity contribution in [3.8, 4) is 11.6 Å². The maximum Gasteiger partial charge on any atom is 0.332 e. The van der Waals surface area contributed by atoms with E-state index >= 15 is 0 Å². The molecule has 0 spiro atoms.